The third-order valence-corrected chi connectivity index (χ3v) is 10.2. The van der Waals surface area contributed by atoms with E-state index in [0.29, 0.717) is 0 Å². The molecule has 9 aromatic rings. The number of fused-ring (bicyclic) bond motifs is 7. The summed E-state index contributed by atoms with van der Waals surface area (Å²) in [6.07, 6.45) is 0. The summed E-state index contributed by atoms with van der Waals surface area (Å²) in [4.78, 5) is 2.38. The second-order valence-electron chi connectivity index (χ2n) is 13.4. The van der Waals surface area contributed by atoms with Gasteiger partial charge in [-0.2, -0.15) is 0 Å². The van der Waals surface area contributed by atoms with Gasteiger partial charge in [0, 0.05) is 22.5 Å². The molecule has 0 amide bonds. The highest BCUT2D eigenvalue weighted by Gasteiger charge is 2.27. The summed E-state index contributed by atoms with van der Waals surface area (Å²) >= 11 is 0. The minimum atomic E-state index is 0.826. The maximum absolute atomic E-state index is 7.02. The molecular weight excluding hydrogens is 631 g/mol. The fraction of sp³-hybridized carbons (Fsp3) is 0. The highest BCUT2D eigenvalue weighted by atomic mass is 16.5. The van der Waals surface area contributed by atoms with Crippen molar-refractivity contribution in [3.8, 4) is 56.0 Å². The highest BCUT2D eigenvalue weighted by Crippen LogP contribution is 2.54. The molecule has 0 saturated heterocycles. The summed E-state index contributed by atoms with van der Waals surface area (Å²) in [7, 11) is 0. The number of rotatable bonds is 5. The molecule has 244 valence electrons. The average molecular weight is 664 g/mol. The first-order chi connectivity index (χ1) is 25.8. The number of anilines is 3. The molecule has 52 heavy (non-hydrogen) atoms. The van der Waals surface area contributed by atoms with Crippen LogP contribution in [0.5, 0.6) is 11.5 Å². The van der Waals surface area contributed by atoms with E-state index in [2.05, 4.69) is 205 Å². The Kier molecular flexibility index (Phi) is 7.18. The van der Waals surface area contributed by atoms with E-state index in [9.17, 15) is 0 Å². The molecule has 0 fully saturated rings. The maximum Gasteiger partial charge on any atom is 0.137 e. The Hall–Kier alpha value is -6.90. The molecule has 0 aliphatic carbocycles. The topological polar surface area (TPSA) is 12.5 Å². The normalized spacial score (nSPS) is 11.6. The molecule has 0 atom stereocenters. The number of nitrogens with zero attached hydrogens (tertiary/aromatic N) is 1. The Morgan fingerprint density at radius 3 is 1.62 bits per heavy atom. The van der Waals surface area contributed by atoms with E-state index in [0.717, 1.165) is 56.2 Å². The molecule has 0 saturated carbocycles. The van der Waals surface area contributed by atoms with Crippen molar-refractivity contribution in [2.75, 3.05) is 4.90 Å². The number of benzene rings is 9. The lowest BCUT2D eigenvalue weighted by molar-refractivity contribution is 0.488. The maximum atomic E-state index is 7.02. The van der Waals surface area contributed by atoms with Gasteiger partial charge in [0.05, 0.1) is 5.69 Å². The van der Waals surface area contributed by atoms with Crippen LogP contribution in [0.2, 0.25) is 0 Å². The minimum Gasteiger partial charge on any atom is -0.456 e. The molecular formula is C50H33NO. The van der Waals surface area contributed by atoms with Crippen LogP contribution < -0.4 is 9.64 Å². The van der Waals surface area contributed by atoms with Crippen LogP contribution in [-0.4, -0.2) is 0 Å². The summed E-state index contributed by atoms with van der Waals surface area (Å²) in [5, 5.41) is 4.74. The van der Waals surface area contributed by atoms with Crippen molar-refractivity contribution in [2.45, 2.75) is 0 Å². The van der Waals surface area contributed by atoms with E-state index in [1.807, 2.05) is 0 Å². The Balaban J connectivity index is 1.23. The Morgan fingerprint density at radius 1 is 0.308 bits per heavy atom. The molecule has 0 N–H and O–H groups in total. The zero-order valence-electron chi connectivity index (χ0n) is 28.4. The minimum absolute atomic E-state index is 0.826. The Morgan fingerprint density at radius 2 is 0.885 bits per heavy atom. The van der Waals surface area contributed by atoms with E-state index in [-0.39, 0.29) is 0 Å². The third kappa shape index (κ3) is 5.21. The second-order valence-corrected chi connectivity index (χ2v) is 13.4. The lowest BCUT2D eigenvalue weighted by Gasteiger charge is -2.29. The van der Waals surface area contributed by atoms with Crippen molar-refractivity contribution < 1.29 is 4.74 Å². The molecule has 0 radical (unpaired) electrons. The Bertz CT molecular complexity index is 2750. The van der Waals surface area contributed by atoms with Crippen molar-refractivity contribution in [3.63, 3.8) is 0 Å². The van der Waals surface area contributed by atoms with Gasteiger partial charge in [-0.15, -0.1) is 0 Å². The van der Waals surface area contributed by atoms with Gasteiger partial charge in [0.25, 0.3) is 0 Å². The van der Waals surface area contributed by atoms with Gasteiger partial charge in [-0.05, 0) is 110 Å². The predicted octanol–water partition coefficient (Wildman–Crippen LogP) is 14.2. The number of ether oxygens (including phenoxy) is 1. The van der Waals surface area contributed by atoms with Gasteiger partial charge in [-0.25, -0.2) is 0 Å². The summed E-state index contributed by atoms with van der Waals surface area (Å²) in [6.45, 7) is 0. The van der Waals surface area contributed by atoms with Crippen LogP contribution in [0.15, 0.2) is 200 Å². The molecule has 0 unspecified atom stereocenters. The summed E-state index contributed by atoms with van der Waals surface area (Å²) < 4.78 is 7.02. The first kappa shape index (κ1) is 30.0. The predicted molar refractivity (Wildman–Crippen MR) is 218 cm³/mol. The molecule has 0 aromatic heterocycles. The van der Waals surface area contributed by atoms with Crippen LogP contribution in [0, 0.1) is 0 Å². The molecule has 0 bridgehead atoms. The van der Waals surface area contributed by atoms with E-state index < -0.39 is 0 Å². The number of hydrogen-bond acceptors (Lipinski definition) is 2. The monoisotopic (exact) mass is 663 g/mol. The van der Waals surface area contributed by atoms with Crippen LogP contribution in [0.3, 0.4) is 0 Å². The highest BCUT2D eigenvalue weighted by molar-refractivity contribution is 6.03. The van der Waals surface area contributed by atoms with Gasteiger partial charge < -0.3 is 9.64 Å². The van der Waals surface area contributed by atoms with Gasteiger partial charge in [-0.1, -0.05) is 146 Å². The van der Waals surface area contributed by atoms with E-state index in [4.69, 9.17) is 4.74 Å². The van der Waals surface area contributed by atoms with E-state index in [1.165, 1.54) is 38.4 Å². The van der Waals surface area contributed by atoms with Crippen LogP contribution in [0.25, 0.3) is 66.1 Å². The summed E-state index contributed by atoms with van der Waals surface area (Å²) in [6, 6.07) is 71.7. The van der Waals surface area contributed by atoms with Crippen LogP contribution in [-0.2, 0) is 0 Å². The molecule has 1 aliphatic rings. The summed E-state index contributed by atoms with van der Waals surface area (Å²) in [5.41, 5.74) is 12.3. The fourth-order valence-corrected chi connectivity index (χ4v) is 7.67. The van der Waals surface area contributed by atoms with Crippen LogP contribution >= 0.6 is 0 Å². The standard InChI is InChI=1S/C50H33NO/c1-3-12-34(13-4-1)37-22-26-42(27-23-37)51(43-28-24-36-16-7-8-17-38(36)30-43)47-20-11-21-48-50(47)44-29-25-41(35-14-5-2-6-15-35)31-45(44)46-32-39-18-9-10-19-40(39)33-49(46)52-48/h1-33H. The van der Waals surface area contributed by atoms with Gasteiger partial charge in [0.1, 0.15) is 11.5 Å². The molecule has 2 heteroatoms. The quantitative estimate of drug-likeness (QED) is 0.182. The van der Waals surface area contributed by atoms with Crippen molar-refractivity contribution >= 4 is 38.6 Å². The van der Waals surface area contributed by atoms with Gasteiger partial charge in [0.15, 0.2) is 0 Å². The lowest BCUT2D eigenvalue weighted by atomic mass is 9.89. The fourth-order valence-electron chi connectivity index (χ4n) is 7.67. The van der Waals surface area contributed by atoms with Crippen LogP contribution in [0.4, 0.5) is 17.1 Å². The second kappa shape index (κ2) is 12.5. The molecule has 1 aliphatic heterocycles. The van der Waals surface area contributed by atoms with Gasteiger partial charge in [-0.3, -0.25) is 0 Å². The molecule has 9 aromatic carbocycles. The summed E-state index contributed by atoms with van der Waals surface area (Å²) in [5.74, 6) is 1.68. The SMILES string of the molecule is c1ccc(-c2ccc(N(c3ccc4ccccc4c3)c3cccc4c3-c3ccc(-c5ccccc5)cc3-c3cc5ccccc5cc3O4)cc2)cc1. The van der Waals surface area contributed by atoms with Gasteiger partial charge >= 0.3 is 0 Å². The van der Waals surface area contributed by atoms with E-state index in [1.54, 1.807) is 0 Å². The zero-order chi connectivity index (χ0) is 34.4. The molecule has 1 heterocycles. The first-order valence-electron chi connectivity index (χ1n) is 17.8. The van der Waals surface area contributed by atoms with Crippen molar-refractivity contribution in [1.82, 2.24) is 0 Å². The van der Waals surface area contributed by atoms with Gasteiger partial charge in [0.2, 0.25) is 0 Å². The molecule has 2 nitrogen and oxygen atoms in total. The first-order valence-corrected chi connectivity index (χ1v) is 17.8. The lowest BCUT2D eigenvalue weighted by Crippen LogP contribution is -2.11. The van der Waals surface area contributed by atoms with Crippen LogP contribution in [0.1, 0.15) is 0 Å². The molecule has 10 rings (SSSR count). The largest absolute Gasteiger partial charge is 0.456 e. The zero-order valence-corrected chi connectivity index (χ0v) is 28.4. The third-order valence-electron chi connectivity index (χ3n) is 10.2. The smallest absolute Gasteiger partial charge is 0.137 e. The van der Waals surface area contributed by atoms with Crippen molar-refractivity contribution in [2.24, 2.45) is 0 Å². The number of hydrogen-bond donors (Lipinski definition) is 0. The average Bonchev–Trinajstić information content (AvgIpc) is 3.35. The van der Waals surface area contributed by atoms with Crippen molar-refractivity contribution in [3.05, 3.63) is 200 Å². The van der Waals surface area contributed by atoms with Crippen molar-refractivity contribution in [1.29, 1.82) is 0 Å². The van der Waals surface area contributed by atoms with E-state index >= 15 is 0 Å². The Labute approximate surface area is 303 Å². The molecule has 0 spiro atoms.